The van der Waals surface area contributed by atoms with Crippen molar-refractivity contribution in [1.82, 2.24) is 9.78 Å². The highest BCUT2D eigenvalue weighted by molar-refractivity contribution is 5.13. The van der Waals surface area contributed by atoms with Crippen LogP contribution in [0.3, 0.4) is 0 Å². The minimum atomic E-state index is -0.483. The van der Waals surface area contributed by atoms with Gasteiger partial charge in [0.05, 0.1) is 12.3 Å². The van der Waals surface area contributed by atoms with Crippen molar-refractivity contribution in [2.45, 2.75) is 64.5 Å². The summed E-state index contributed by atoms with van der Waals surface area (Å²) in [6.45, 7) is 4.74. The topological polar surface area (TPSA) is 64.1 Å². The Morgan fingerprint density at radius 1 is 1.32 bits per heavy atom. The maximum absolute atomic E-state index is 10.8. The van der Waals surface area contributed by atoms with Gasteiger partial charge in [-0.05, 0) is 26.7 Å². The number of rotatable bonds is 4. The van der Waals surface area contributed by atoms with E-state index < -0.39 is 6.10 Å². The number of aliphatic hydroxyl groups is 1. The van der Waals surface area contributed by atoms with Gasteiger partial charge in [-0.15, -0.1) is 0 Å². The van der Waals surface area contributed by atoms with Crippen LogP contribution in [0.4, 0.5) is 0 Å². The van der Waals surface area contributed by atoms with Crippen molar-refractivity contribution < 1.29 is 5.11 Å². The standard InChI is InChI=1S/C15H27N3O/c1-12(2)18-10-13(9-17-18)14(19)15(11-16)7-5-3-4-6-8-15/h9-10,12,14,19H,3-8,11,16H2,1-2H3. The zero-order chi connectivity index (χ0) is 13.9. The molecule has 2 rings (SSSR count). The molecule has 19 heavy (non-hydrogen) atoms. The van der Waals surface area contributed by atoms with Crippen molar-refractivity contribution in [3.8, 4) is 0 Å². The molecule has 0 radical (unpaired) electrons. The first-order chi connectivity index (χ1) is 9.09. The molecule has 1 aromatic rings. The quantitative estimate of drug-likeness (QED) is 0.823. The molecule has 1 atom stereocenters. The highest BCUT2D eigenvalue weighted by atomic mass is 16.3. The lowest BCUT2D eigenvalue weighted by atomic mass is 9.73. The monoisotopic (exact) mass is 265 g/mol. The summed E-state index contributed by atoms with van der Waals surface area (Å²) in [4.78, 5) is 0. The summed E-state index contributed by atoms with van der Waals surface area (Å²) in [6, 6.07) is 0.323. The highest BCUT2D eigenvalue weighted by Gasteiger charge is 2.38. The first-order valence-corrected chi connectivity index (χ1v) is 7.51. The van der Waals surface area contributed by atoms with Crippen LogP contribution < -0.4 is 5.73 Å². The van der Waals surface area contributed by atoms with Gasteiger partial charge in [0.25, 0.3) is 0 Å². The van der Waals surface area contributed by atoms with E-state index in [0.29, 0.717) is 12.6 Å². The molecular formula is C15H27N3O. The zero-order valence-electron chi connectivity index (χ0n) is 12.2. The second kappa shape index (κ2) is 6.06. The minimum absolute atomic E-state index is 0.151. The van der Waals surface area contributed by atoms with Gasteiger partial charge in [0.1, 0.15) is 0 Å². The van der Waals surface area contributed by atoms with E-state index in [-0.39, 0.29) is 5.41 Å². The van der Waals surface area contributed by atoms with E-state index in [9.17, 15) is 5.11 Å². The van der Waals surface area contributed by atoms with Crippen LogP contribution in [-0.2, 0) is 0 Å². The molecule has 0 aromatic carbocycles. The first kappa shape index (κ1) is 14.5. The molecule has 1 heterocycles. The lowest BCUT2D eigenvalue weighted by Gasteiger charge is -2.36. The van der Waals surface area contributed by atoms with Crippen LogP contribution in [-0.4, -0.2) is 21.4 Å². The van der Waals surface area contributed by atoms with E-state index in [1.54, 1.807) is 6.20 Å². The van der Waals surface area contributed by atoms with Crippen molar-refractivity contribution in [1.29, 1.82) is 0 Å². The van der Waals surface area contributed by atoms with E-state index in [0.717, 1.165) is 18.4 Å². The zero-order valence-corrected chi connectivity index (χ0v) is 12.2. The van der Waals surface area contributed by atoms with Gasteiger partial charge < -0.3 is 10.8 Å². The maximum atomic E-state index is 10.8. The number of hydrogen-bond acceptors (Lipinski definition) is 3. The molecule has 4 heteroatoms. The summed E-state index contributed by atoms with van der Waals surface area (Å²) in [5.74, 6) is 0. The molecule has 108 valence electrons. The lowest BCUT2D eigenvalue weighted by molar-refractivity contribution is 0.0166. The van der Waals surface area contributed by atoms with Gasteiger partial charge in [0.2, 0.25) is 0 Å². The van der Waals surface area contributed by atoms with E-state index in [1.807, 2.05) is 10.9 Å². The molecular weight excluding hydrogens is 238 g/mol. The third-order valence-corrected chi connectivity index (χ3v) is 4.55. The summed E-state index contributed by atoms with van der Waals surface area (Å²) in [5, 5.41) is 15.1. The lowest BCUT2D eigenvalue weighted by Crippen LogP contribution is -2.36. The summed E-state index contributed by atoms with van der Waals surface area (Å²) in [5.41, 5.74) is 6.79. The Morgan fingerprint density at radius 3 is 2.42 bits per heavy atom. The summed E-state index contributed by atoms with van der Waals surface area (Å²) in [7, 11) is 0. The molecule has 0 saturated heterocycles. The molecule has 0 aliphatic heterocycles. The molecule has 3 N–H and O–H groups in total. The molecule has 0 spiro atoms. The molecule has 0 amide bonds. The van der Waals surface area contributed by atoms with Crippen LogP contribution in [0.2, 0.25) is 0 Å². The van der Waals surface area contributed by atoms with Crippen molar-refractivity contribution in [2.24, 2.45) is 11.1 Å². The first-order valence-electron chi connectivity index (χ1n) is 7.51. The van der Waals surface area contributed by atoms with Crippen LogP contribution in [0.5, 0.6) is 0 Å². The fourth-order valence-electron chi connectivity index (χ4n) is 3.15. The van der Waals surface area contributed by atoms with E-state index in [4.69, 9.17) is 5.73 Å². The van der Waals surface area contributed by atoms with Gasteiger partial charge in [-0.2, -0.15) is 5.10 Å². The van der Waals surface area contributed by atoms with E-state index in [1.165, 1.54) is 25.7 Å². The summed E-state index contributed by atoms with van der Waals surface area (Å²) in [6.07, 6.45) is 10.2. The average Bonchev–Trinajstić information content (AvgIpc) is 2.77. The van der Waals surface area contributed by atoms with Gasteiger partial charge in [0.15, 0.2) is 0 Å². The van der Waals surface area contributed by atoms with Crippen molar-refractivity contribution in [3.05, 3.63) is 18.0 Å². The number of nitrogens with zero attached hydrogens (tertiary/aromatic N) is 2. The van der Waals surface area contributed by atoms with Gasteiger partial charge in [-0.25, -0.2) is 0 Å². The van der Waals surface area contributed by atoms with E-state index >= 15 is 0 Å². The van der Waals surface area contributed by atoms with Gasteiger partial charge in [-0.1, -0.05) is 25.7 Å². The van der Waals surface area contributed by atoms with Gasteiger partial charge in [-0.3, -0.25) is 4.68 Å². The molecule has 0 bridgehead atoms. The van der Waals surface area contributed by atoms with Crippen LogP contribution in [0, 0.1) is 5.41 Å². The Balaban J connectivity index is 2.20. The van der Waals surface area contributed by atoms with Crippen molar-refractivity contribution in [2.75, 3.05) is 6.54 Å². The third-order valence-electron chi connectivity index (χ3n) is 4.55. The van der Waals surface area contributed by atoms with E-state index in [2.05, 4.69) is 18.9 Å². The normalized spacial score (nSPS) is 21.3. The molecule has 1 fully saturated rings. The Labute approximate surface area is 116 Å². The maximum Gasteiger partial charge on any atom is 0.0888 e. The van der Waals surface area contributed by atoms with Crippen LogP contribution in [0.1, 0.15) is 70.1 Å². The fourth-order valence-corrected chi connectivity index (χ4v) is 3.15. The second-order valence-corrected chi connectivity index (χ2v) is 6.23. The molecule has 4 nitrogen and oxygen atoms in total. The molecule has 1 aromatic heterocycles. The molecule has 1 aliphatic carbocycles. The largest absolute Gasteiger partial charge is 0.388 e. The summed E-state index contributed by atoms with van der Waals surface area (Å²) >= 11 is 0. The van der Waals surface area contributed by atoms with Crippen molar-refractivity contribution in [3.63, 3.8) is 0 Å². The summed E-state index contributed by atoms with van der Waals surface area (Å²) < 4.78 is 1.90. The van der Waals surface area contributed by atoms with Gasteiger partial charge in [0, 0.05) is 29.8 Å². The minimum Gasteiger partial charge on any atom is -0.388 e. The Bertz CT molecular complexity index is 392. The third kappa shape index (κ3) is 3.00. The highest BCUT2D eigenvalue weighted by Crippen LogP contribution is 2.44. The fraction of sp³-hybridized carbons (Fsp3) is 0.800. The number of aliphatic hydroxyl groups excluding tert-OH is 1. The predicted octanol–water partition coefficient (Wildman–Crippen LogP) is 2.80. The Kier molecular flexibility index (Phi) is 4.63. The van der Waals surface area contributed by atoms with Crippen LogP contribution in [0.25, 0.3) is 0 Å². The molecule has 1 saturated carbocycles. The molecule has 1 unspecified atom stereocenters. The molecule has 1 aliphatic rings. The van der Waals surface area contributed by atoms with Crippen LogP contribution >= 0.6 is 0 Å². The van der Waals surface area contributed by atoms with Crippen LogP contribution in [0.15, 0.2) is 12.4 Å². The number of aromatic nitrogens is 2. The Morgan fingerprint density at radius 2 is 1.95 bits per heavy atom. The average molecular weight is 265 g/mol. The SMILES string of the molecule is CC(C)n1cc(C(O)C2(CN)CCCCCC2)cn1. The van der Waals surface area contributed by atoms with Crippen molar-refractivity contribution >= 4 is 0 Å². The van der Waals surface area contributed by atoms with Gasteiger partial charge >= 0.3 is 0 Å². The number of hydrogen-bond donors (Lipinski definition) is 2. The predicted molar refractivity (Wildman–Crippen MR) is 76.8 cm³/mol. The Hall–Kier alpha value is -0.870. The second-order valence-electron chi connectivity index (χ2n) is 6.23. The smallest absolute Gasteiger partial charge is 0.0888 e. The number of nitrogens with two attached hydrogens (primary N) is 1.